The molecule has 94 valence electrons. The second kappa shape index (κ2) is 4.52. The number of anilines is 1. The van der Waals surface area contributed by atoms with Crippen molar-refractivity contribution in [1.29, 1.82) is 5.26 Å². The van der Waals surface area contributed by atoms with Crippen LogP contribution in [0.1, 0.15) is 18.4 Å². The predicted molar refractivity (Wildman–Crippen MR) is 68.9 cm³/mol. The van der Waals surface area contributed by atoms with Crippen LogP contribution in [0.4, 0.5) is 10.1 Å². The van der Waals surface area contributed by atoms with Gasteiger partial charge in [0.1, 0.15) is 11.9 Å². The molecule has 3 nitrogen and oxygen atoms in total. The maximum absolute atomic E-state index is 13.5. The molecule has 0 aliphatic carbocycles. The standard InChI is InChI=1S/C13H12BrFN2O/c14-11-4-13(8(5-16)3-12(11)15)17-9-1-2-10(17)7-18-6-9/h3-4,9-10H,1-2,6-7H2. The van der Waals surface area contributed by atoms with Gasteiger partial charge < -0.3 is 9.64 Å². The summed E-state index contributed by atoms with van der Waals surface area (Å²) in [6.07, 6.45) is 2.15. The van der Waals surface area contributed by atoms with Crippen molar-refractivity contribution in [3.05, 3.63) is 28.0 Å². The van der Waals surface area contributed by atoms with Crippen LogP contribution in [0.2, 0.25) is 0 Å². The van der Waals surface area contributed by atoms with Gasteiger partial charge in [-0.1, -0.05) is 0 Å². The van der Waals surface area contributed by atoms with E-state index < -0.39 is 5.82 Å². The third-order valence-electron chi connectivity index (χ3n) is 3.68. The van der Waals surface area contributed by atoms with Gasteiger partial charge in [-0.15, -0.1) is 0 Å². The van der Waals surface area contributed by atoms with Crippen LogP contribution >= 0.6 is 15.9 Å². The van der Waals surface area contributed by atoms with Crippen LogP contribution < -0.4 is 4.90 Å². The number of morpholine rings is 1. The number of halogens is 2. The number of nitrogens with zero attached hydrogens (tertiary/aromatic N) is 2. The molecule has 2 unspecified atom stereocenters. The van der Waals surface area contributed by atoms with Crippen LogP contribution in [0.15, 0.2) is 16.6 Å². The van der Waals surface area contributed by atoms with E-state index in [2.05, 4.69) is 26.9 Å². The summed E-state index contributed by atoms with van der Waals surface area (Å²) in [4.78, 5) is 2.23. The number of rotatable bonds is 1. The van der Waals surface area contributed by atoms with Crippen molar-refractivity contribution in [1.82, 2.24) is 0 Å². The Morgan fingerprint density at radius 3 is 2.61 bits per heavy atom. The van der Waals surface area contributed by atoms with Gasteiger partial charge in [0.25, 0.3) is 0 Å². The summed E-state index contributed by atoms with van der Waals surface area (Å²) in [5.74, 6) is -0.393. The highest BCUT2D eigenvalue weighted by Gasteiger charge is 2.38. The summed E-state index contributed by atoms with van der Waals surface area (Å²) < 4.78 is 19.4. The minimum absolute atomic E-state index is 0.313. The first-order chi connectivity index (χ1) is 8.70. The van der Waals surface area contributed by atoms with E-state index in [-0.39, 0.29) is 0 Å². The number of fused-ring (bicyclic) bond motifs is 2. The van der Waals surface area contributed by atoms with Crippen LogP contribution in [-0.2, 0) is 4.74 Å². The molecule has 5 heteroatoms. The lowest BCUT2D eigenvalue weighted by Gasteiger charge is -2.37. The number of hydrogen-bond donors (Lipinski definition) is 0. The van der Waals surface area contributed by atoms with Gasteiger partial charge in [-0.25, -0.2) is 4.39 Å². The minimum atomic E-state index is -0.393. The Morgan fingerprint density at radius 1 is 1.33 bits per heavy atom. The molecule has 2 aliphatic rings. The molecular weight excluding hydrogens is 299 g/mol. The number of ether oxygens (including phenoxy) is 1. The summed E-state index contributed by atoms with van der Waals surface area (Å²) in [6, 6.07) is 5.73. The predicted octanol–water partition coefficient (Wildman–Crippen LogP) is 2.83. The normalized spacial score (nSPS) is 26.2. The summed E-state index contributed by atoms with van der Waals surface area (Å²) in [7, 11) is 0. The smallest absolute Gasteiger partial charge is 0.138 e. The van der Waals surface area contributed by atoms with Gasteiger partial charge in [0, 0.05) is 0 Å². The zero-order chi connectivity index (χ0) is 12.7. The molecule has 0 spiro atoms. The Kier molecular flexibility index (Phi) is 3.00. The molecular formula is C13H12BrFN2O. The van der Waals surface area contributed by atoms with Crippen LogP contribution in [0.3, 0.4) is 0 Å². The molecule has 2 fully saturated rings. The summed E-state index contributed by atoms with van der Waals surface area (Å²) in [5.41, 5.74) is 1.22. The third kappa shape index (κ3) is 1.80. The molecule has 18 heavy (non-hydrogen) atoms. The van der Waals surface area contributed by atoms with Crippen LogP contribution in [0.25, 0.3) is 0 Å². The number of hydrogen-bond acceptors (Lipinski definition) is 3. The van der Waals surface area contributed by atoms with Crippen LogP contribution in [0, 0.1) is 17.1 Å². The summed E-state index contributed by atoms with van der Waals surface area (Å²) >= 11 is 3.19. The first-order valence-corrected chi connectivity index (χ1v) is 6.75. The molecule has 0 radical (unpaired) electrons. The maximum Gasteiger partial charge on any atom is 0.138 e. The van der Waals surface area contributed by atoms with Gasteiger partial charge >= 0.3 is 0 Å². The highest BCUT2D eigenvalue weighted by Crippen LogP contribution is 2.37. The van der Waals surface area contributed by atoms with Crippen LogP contribution in [0.5, 0.6) is 0 Å². The Hall–Kier alpha value is -1.12. The molecule has 1 aromatic carbocycles. The lowest BCUT2D eigenvalue weighted by molar-refractivity contribution is 0.0906. The molecule has 0 saturated carbocycles. The Balaban J connectivity index is 2.07. The van der Waals surface area contributed by atoms with Crippen molar-refractivity contribution in [2.75, 3.05) is 18.1 Å². The van der Waals surface area contributed by atoms with E-state index in [1.54, 1.807) is 6.07 Å². The Morgan fingerprint density at radius 2 is 2.00 bits per heavy atom. The van der Waals surface area contributed by atoms with E-state index in [0.717, 1.165) is 18.5 Å². The topological polar surface area (TPSA) is 36.3 Å². The lowest BCUT2D eigenvalue weighted by atomic mass is 10.1. The summed E-state index contributed by atoms with van der Waals surface area (Å²) in [5, 5.41) is 9.17. The van der Waals surface area contributed by atoms with E-state index in [1.165, 1.54) is 6.07 Å². The lowest BCUT2D eigenvalue weighted by Crippen LogP contribution is -2.46. The molecule has 2 aliphatic heterocycles. The highest BCUT2D eigenvalue weighted by atomic mass is 79.9. The largest absolute Gasteiger partial charge is 0.377 e. The van der Waals surface area contributed by atoms with Crippen LogP contribution in [-0.4, -0.2) is 25.3 Å². The van der Waals surface area contributed by atoms with Crippen molar-refractivity contribution in [2.24, 2.45) is 0 Å². The average molecular weight is 311 g/mol. The first-order valence-electron chi connectivity index (χ1n) is 5.96. The molecule has 2 atom stereocenters. The van der Waals surface area contributed by atoms with Gasteiger partial charge in [0.15, 0.2) is 0 Å². The molecule has 0 amide bonds. The SMILES string of the molecule is N#Cc1cc(F)c(Br)cc1N1C2CCC1COC2. The zero-order valence-corrected chi connectivity index (χ0v) is 11.3. The molecule has 0 N–H and O–H groups in total. The van der Waals surface area contributed by atoms with E-state index in [0.29, 0.717) is 35.3 Å². The van der Waals surface area contributed by atoms with E-state index in [4.69, 9.17) is 10.00 Å². The Bertz CT molecular complexity index is 512. The minimum Gasteiger partial charge on any atom is -0.377 e. The fourth-order valence-corrected chi connectivity index (χ4v) is 3.19. The maximum atomic E-state index is 13.5. The zero-order valence-electron chi connectivity index (χ0n) is 9.70. The van der Waals surface area contributed by atoms with Gasteiger partial charge in [-0.05, 0) is 40.9 Å². The van der Waals surface area contributed by atoms with E-state index in [1.807, 2.05) is 0 Å². The second-order valence-electron chi connectivity index (χ2n) is 4.72. The molecule has 2 heterocycles. The van der Waals surface area contributed by atoms with Gasteiger partial charge in [0.05, 0.1) is 41.0 Å². The van der Waals surface area contributed by atoms with Gasteiger partial charge in [-0.3, -0.25) is 0 Å². The highest BCUT2D eigenvalue weighted by molar-refractivity contribution is 9.10. The van der Waals surface area contributed by atoms with Crippen molar-refractivity contribution >= 4 is 21.6 Å². The van der Waals surface area contributed by atoms with Crippen molar-refractivity contribution in [3.8, 4) is 6.07 Å². The van der Waals surface area contributed by atoms with E-state index in [9.17, 15) is 4.39 Å². The molecule has 0 aromatic heterocycles. The number of benzene rings is 1. The fourth-order valence-electron chi connectivity index (χ4n) is 2.86. The first kappa shape index (κ1) is 11.9. The van der Waals surface area contributed by atoms with Crippen molar-refractivity contribution in [3.63, 3.8) is 0 Å². The quantitative estimate of drug-likeness (QED) is 0.800. The fraction of sp³-hybridized carbons (Fsp3) is 0.462. The number of nitriles is 1. The Labute approximate surface area is 113 Å². The van der Waals surface area contributed by atoms with Gasteiger partial charge in [0.2, 0.25) is 0 Å². The summed E-state index contributed by atoms with van der Waals surface area (Å²) in [6.45, 7) is 1.38. The van der Waals surface area contributed by atoms with Crippen molar-refractivity contribution in [2.45, 2.75) is 24.9 Å². The second-order valence-corrected chi connectivity index (χ2v) is 5.58. The molecule has 2 bridgehead atoms. The third-order valence-corrected chi connectivity index (χ3v) is 4.29. The molecule has 3 rings (SSSR count). The average Bonchev–Trinajstić information content (AvgIpc) is 2.61. The molecule has 1 aromatic rings. The van der Waals surface area contributed by atoms with Gasteiger partial charge in [-0.2, -0.15) is 5.26 Å². The van der Waals surface area contributed by atoms with E-state index >= 15 is 0 Å². The molecule has 2 saturated heterocycles. The van der Waals surface area contributed by atoms with Crippen molar-refractivity contribution < 1.29 is 9.13 Å². The monoisotopic (exact) mass is 310 g/mol.